The van der Waals surface area contributed by atoms with E-state index >= 15 is 0 Å². The number of urea groups is 1. The van der Waals surface area contributed by atoms with E-state index in [-0.39, 0.29) is 18.4 Å². The monoisotopic (exact) mass is 409 g/mol. The molecule has 7 heteroatoms. The van der Waals surface area contributed by atoms with Crippen molar-refractivity contribution < 1.29 is 14.4 Å². The molecule has 0 spiro atoms. The SMILES string of the molecule is CSc1cccc(-c2ccc3c(c2)CC(NC(=O)CC2(C)NC(=O)NC2=O)C3)c1. The van der Waals surface area contributed by atoms with Crippen LogP contribution in [0.4, 0.5) is 4.79 Å². The van der Waals surface area contributed by atoms with Gasteiger partial charge in [0.05, 0.1) is 6.42 Å². The summed E-state index contributed by atoms with van der Waals surface area (Å²) in [6.07, 6.45) is 3.51. The Hall–Kier alpha value is -2.80. The molecular formula is C22H23N3O3S. The zero-order chi connectivity index (χ0) is 20.6. The molecule has 0 radical (unpaired) electrons. The standard InChI is InChI=1S/C22H23N3O3S/c1-22(20(27)24-21(28)25-22)12-19(26)23-17-9-15-7-6-14(8-16(15)10-17)13-4-3-5-18(11-13)29-2/h3-8,11,17H,9-10,12H2,1-2H3,(H,23,26)(H2,24,25,27,28). The maximum Gasteiger partial charge on any atom is 0.322 e. The second-order valence-electron chi connectivity index (χ2n) is 7.81. The number of rotatable bonds is 5. The third-order valence-corrected chi connectivity index (χ3v) is 6.26. The van der Waals surface area contributed by atoms with Crippen LogP contribution >= 0.6 is 11.8 Å². The molecule has 2 aromatic carbocycles. The van der Waals surface area contributed by atoms with E-state index in [1.807, 2.05) is 0 Å². The number of nitrogens with one attached hydrogen (secondary N) is 3. The molecule has 0 aromatic heterocycles. The van der Waals surface area contributed by atoms with Crippen molar-refractivity contribution >= 4 is 29.6 Å². The first-order valence-corrected chi connectivity index (χ1v) is 10.8. The first-order chi connectivity index (χ1) is 13.9. The van der Waals surface area contributed by atoms with Crippen LogP contribution in [0.1, 0.15) is 24.5 Å². The van der Waals surface area contributed by atoms with E-state index in [0.717, 1.165) is 12.8 Å². The Morgan fingerprint density at radius 1 is 1.14 bits per heavy atom. The number of carbonyl (C=O) groups excluding carboxylic acids is 3. The van der Waals surface area contributed by atoms with Crippen molar-refractivity contribution in [3.8, 4) is 11.1 Å². The summed E-state index contributed by atoms with van der Waals surface area (Å²) in [5, 5.41) is 7.72. The Bertz CT molecular complexity index is 1010. The van der Waals surface area contributed by atoms with Gasteiger partial charge in [0.2, 0.25) is 5.91 Å². The molecule has 0 bridgehead atoms. The number of thioether (sulfide) groups is 1. The molecule has 1 saturated heterocycles. The molecule has 3 N–H and O–H groups in total. The van der Waals surface area contributed by atoms with Gasteiger partial charge in [-0.3, -0.25) is 14.9 Å². The van der Waals surface area contributed by atoms with Gasteiger partial charge in [-0.15, -0.1) is 11.8 Å². The fraction of sp³-hybridized carbons (Fsp3) is 0.318. The van der Waals surface area contributed by atoms with E-state index in [2.05, 4.69) is 64.7 Å². The van der Waals surface area contributed by atoms with Gasteiger partial charge in [-0.25, -0.2) is 4.79 Å². The van der Waals surface area contributed by atoms with Gasteiger partial charge >= 0.3 is 6.03 Å². The number of hydrogen-bond acceptors (Lipinski definition) is 4. The molecular weight excluding hydrogens is 386 g/mol. The molecule has 6 nitrogen and oxygen atoms in total. The van der Waals surface area contributed by atoms with Crippen molar-refractivity contribution in [3.63, 3.8) is 0 Å². The average Bonchev–Trinajstić information content (AvgIpc) is 3.19. The van der Waals surface area contributed by atoms with Crippen molar-refractivity contribution in [3.05, 3.63) is 53.6 Å². The summed E-state index contributed by atoms with van der Waals surface area (Å²) in [6, 6.07) is 14.4. The third kappa shape index (κ3) is 4.00. The van der Waals surface area contributed by atoms with Gasteiger partial charge in [-0.05, 0) is 60.4 Å². The zero-order valence-corrected chi connectivity index (χ0v) is 17.2. The highest BCUT2D eigenvalue weighted by molar-refractivity contribution is 7.98. The Kier molecular flexibility index (Phi) is 5.08. The average molecular weight is 410 g/mol. The summed E-state index contributed by atoms with van der Waals surface area (Å²) >= 11 is 1.72. The Balaban J connectivity index is 1.42. The van der Waals surface area contributed by atoms with Gasteiger partial charge < -0.3 is 10.6 Å². The van der Waals surface area contributed by atoms with Gasteiger partial charge in [0.1, 0.15) is 5.54 Å². The summed E-state index contributed by atoms with van der Waals surface area (Å²) < 4.78 is 0. The molecule has 1 aliphatic carbocycles. The van der Waals surface area contributed by atoms with Crippen LogP contribution in [0, 0.1) is 0 Å². The van der Waals surface area contributed by atoms with Crippen molar-refractivity contribution in [2.24, 2.45) is 0 Å². The lowest BCUT2D eigenvalue weighted by Gasteiger charge is -2.21. The Labute approximate surface area is 173 Å². The predicted octanol–water partition coefficient (Wildman–Crippen LogP) is 2.65. The quantitative estimate of drug-likeness (QED) is 0.523. The van der Waals surface area contributed by atoms with Crippen LogP contribution in [0.3, 0.4) is 0 Å². The van der Waals surface area contributed by atoms with Crippen molar-refractivity contribution in [1.29, 1.82) is 0 Å². The van der Waals surface area contributed by atoms with E-state index in [1.165, 1.54) is 27.1 Å². The summed E-state index contributed by atoms with van der Waals surface area (Å²) in [5.74, 6) is -0.708. The van der Waals surface area contributed by atoms with E-state index in [1.54, 1.807) is 18.7 Å². The lowest BCUT2D eigenvalue weighted by molar-refractivity contribution is -0.129. The maximum atomic E-state index is 12.5. The van der Waals surface area contributed by atoms with Gasteiger partial charge in [-0.1, -0.05) is 30.3 Å². The van der Waals surface area contributed by atoms with E-state index in [0.29, 0.717) is 0 Å². The molecule has 2 aliphatic rings. The molecule has 29 heavy (non-hydrogen) atoms. The smallest absolute Gasteiger partial charge is 0.322 e. The number of imide groups is 1. The number of amides is 4. The minimum absolute atomic E-state index is 0.00551. The number of hydrogen-bond donors (Lipinski definition) is 3. The normalized spacial score (nSPS) is 22.8. The van der Waals surface area contributed by atoms with Crippen LogP contribution in [-0.2, 0) is 22.4 Å². The summed E-state index contributed by atoms with van der Waals surface area (Å²) in [4.78, 5) is 37.0. The van der Waals surface area contributed by atoms with Gasteiger partial charge in [0.15, 0.2) is 0 Å². The Morgan fingerprint density at radius 2 is 1.90 bits per heavy atom. The first-order valence-electron chi connectivity index (χ1n) is 9.55. The largest absolute Gasteiger partial charge is 0.353 e. The van der Waals surface area contributed by atoms with E-state index in [4.69, 9.17) is 0 Å². The summed E-state index contributed by atoms with van der Waals surface area (Å²) in [6.45, 7) is 1.56. The van der Waals surface area contributed by atoms with Crippen LogP contribution in [0.25, 0.3) is 11.1 Å². The van der Waals surface area contributed by atoms with E-state index in [9.17, 15) is 14.4 Å². The number of carbonyl (C=O) groups is 3. The fourth-order valence-corrected chi connectivity index (χ4v) is 4.47. The van der Waals surface area contributed by atoms with E-state index < -0.39 is 17.5 Å². The van der Waals surface area contributed by atoms with Crippen LogP contribution in [0.5, 0.6) is 0 Å². The second-order valence-corrected chi connectivity index (χ2v) is 8.68. The fourth-order valence-electron chi connectivity index (χ4n) is 4.01. The van der Waals surface area contributed by atoms with Crippen LogP contribution in [0.2, 0.25) is 0 Å². The molecule has 4 rings (SSSR count). The molecule has 1 heterocycles. The summed E-state index contributed by atoms with van der Waals surface area (Å²) in [5.41, 5.74) is 3.63. The van der Waals surface area contributed by atoms with Crippen molar-refractivity contribution in [1.82, 2.24) is 16.0 Å². The molecule has 0 saturated carbocycles. The topological polar surface area (TPSA) is 87.3 Å². The highest BCUT2D eigenvalue weighted by atomic mass is 32.2. The highest BCUT2D eigenvalue weighted by Crippen LogP contribution is 2.30. The summed E-state index contributed by atoms with van der Waals surface area (Å²) in [7, 11) is 0. The van der Waals surface area contributed by atoms with Crippen LogP contribution in [0.15, 0.2) is 47.4 Å². The van der Waals surface area contributed by atoms with Crippen LogP contribution in [-0.4, -0.2) is 35.7 Å². The third-order valence-electron chi connectivity index (χ3n) is 5.54. The molecule has 2 unspecified atom stereocenters. The minimum atomic E-state index is -1.19. The molecule has 4 amide bonds. The molecule has 150 valence electrons. The lowest BCUT2D eigenvalue weighted by atomic mass is 9.97. The van der Waals surface area contributed by atoms with Gasteiger partial charge in [-0.2, -0.15) is 0 Å². The van der Waals surface area contributed by atoms with Gasteiger partial charge in [0.25, 0.3) is 5.91 Å². The highest BCUT2D eigenvalue weighted by Gasteiger charge is 2.43. The first kappa shape index (κ1) is 19.5. The number of fused-ring (bicyclic) bond motifs is 1. The molecule has 1 fully saturated rings. The van der Waals surface area contributed by atoms with Crippen molar-refractivity contribution in [2.75, 3.05) is 6.26 Å². The van der Waals surface area contributed by atoms with Gasteiger partial charge in [0, 0.05) is 10.9 Å². The molecule has 2 atom stereocenters. The number of benzene rings is 2. The lowest BCUT2D eigenvalue weighted by Crippen LogP contribution is -2.49. The second kappa shape index (κ2) is 7.55. The van der Waals surface area contributed by atoms with Crippen LogP contribution < -0.4 is 16.0 Å². The Morgan fingerprint density at radius 3 is 2.62 bits per heavy atom. The predicted molar refractivity (Wildman–Crippen MR) is 113 cm³/mol. The minimum Gasteiger partial charge on any atom is -0.353 e. The van der Waals surface area contributed by atoms with Crippen molar-refractivity contribution in [2.45, 2.75) is 42.7 Å². The maximum absolute atomic E-state index is 12.5. The molecule has 2 aromatic rings. The zero-order valence-electron chi connectivity index (χ0n) is 16.4. The molecule has 1 aliphatic heterocycles.